The van der Waals surface area contributed by atoms with Crippen molar-refractivity contribution in [2.75, 3.05) is 6.61 Å². The fourth-order valence-electron chi connectivity index (χ4n) is 3.50. The first-order valence-electron chi connectivity index (χ1n) is 9.21. The van der Waals surface area contributed by atoms with E-state index in [1.807, 2.05) is 51.2 Å². The number of rotatable bonds is 6. The van der Waals surface area contributed by atoms with Gasteiger partial charge in [-0.3, -0.25) is 10.1 Å². The molecule has 1 atom stereocenters. The van der Waals surface area contributed by atoms with E-state index in [4.69, 9.17) is 10.5 Å². The Balaban J connectivity index is 2.05. The van der Waals surface area contributed by atoms with Crippen LogP contribution in [0.4, 0.5) is 0 Å². The predicted octanol–water partition coefficient (Wildman–Crippen LogP) is 3.41. The third kappa shape index (κ3) is 4.35. The summed E-state index contributed by atoms with van der Waals surface area (Å²) in [6.45, 7) is 7.55. The summed E-state index contributed by atoms with van der Waals surface area (Å²) in [6, 6.07) is 12.9. The Hall–Kier alpha value is -2.83. The van der Waals surface area contributed by atoms with Gasteiger partial charge in [0.05, 0.1) is 5.56 Å². The molecule has 3 rings (SSSR count). The van der Waals surface area contributed by atoms with Crippen molar-refractivity contribution in [3.63, 3.8) is 0 Å². The molecular weight excluding hydrogens is 354 g/mol. The van der Waals surface area contributed by atoms with Crippen LogP contribution < -0.4 is 15.8 Å². The molecule has 0 aliphatic rings. The number of nitrogens with one attached hydrogen (secondary N) is 2. The number of amides is 1. The minimum absolute atomic E-state index is 0.00258. The van der Waals surface area contributed by atoms with Gasteiger partial charge >= 0.3 is 0 Å². The Morgan fingerprint density at radius 1 is 1.14 bits per heavy atom. The summed E-state index contributed by atoms with van der Waals surface area (Å²) in [7, 11) is 0. The van der Waals surface area contributed by atoms with Gasteiger partial charge in [0.15, 0.2) is 0 Å². The number of H-pyrrole nitrogens is 1. The Morgan fingerprint density at radius 3 is 2.54 bits per heavy atom. The van der Waals surface area contributed by atoms with Crippen molar-refractivity contribution < 1.29 is 14.6 Å². The predicted molar refractivity (Wildman–Crippen MR) is 111 cm³/mol. The fourth-order valence-corrected chi connectivity index (χ4v) is 3.50. The average Bonchev–Trinajstić information content (AvgIpc) is 3.06. The van der Waals surface area contributed by atoms with Crippen LogP contribution in [0.3, 0.4) is 0 Å². The normalized spacial score (nSPS) is 14.0. The quantitative estimate of drug-likeness (QED) is 0.492. The maximum Gasteiger partial charge on any atom is 0.249 e. The standard InChI is InChI=1S/C22H27N3O3/c1-21(2,3)25-22(4,27)13-28-18-10-6-8-16(20(23)26)19(18)15-7-5-9-17-14(15)11-12-24-17/h5-12,24-25,27H,13H2,1-4H3,(H2,23,26). The first kappa shape index (κ1) is 19.9. The highest BCUT2D eigenvalue weighted by atomic mass is 16.5. The number of primary amides is 1. The summed E-state index contributed by atoms with van der Waals surface area (Å²) in [6.07, 6.45) is 1.85. The van der Waals surface area contributed by atoms with Crippen LogP contribution in [0.1, 0.15) is 38.1 Å². The maximum absolute atomic E-state index is 12.1. The molecule has 1 heterocycles. The van der Waals surface area contributed by atoms with Gasteiger partial charge in [0, 0.05) is 28.2 Å². The van der Waals surface area contributed by atoms with Crippen LogP contribution in [-0.2, 0) is 0 Å². The van der Waals surface area contributed by atoms with E-state index in [0.29, 0.717) is 16.9 Å². The van der Waals surface area contributed by atoms with Crippen LogP contribution in [0, 0.1) is 0 Å². The highest BCUT2D eigenvalue weighted by Gasteiger charge is 2.28. The van der Waals surface area contributed by atoms with Crippen molar-refractivity contribution in [1.29, 1.82) is 0 Å². The van der Waals surface area contributed by atoms with E-state index < -0.39 is 11.6 Å². The molecule has 2 aromatic carbocycles. The van der Waals surface area contributed by atoms with Gasteiger partial charge in [-0.25, -0.2) is 0 Å². The van der Waals surface area contributed by atoms with Crippen molar-refractivity contribution in [3.8, 4) is 16.9 Å². The molecule has 1 amide bonds. The van der Waals surface area contributed by atoms with Gasteiger partial charge in [0.2, 0.25) is 5.91 Å². The van der Waals surface area contributed by atoms with Crippen molar-refractivity contribution in [2.45, 2.75) is 39.0 Å². The molecular formula is C22H27N3O3. The molecule has 0 aliphatic carbocycles. The number of hydrogen-bond acceptors (Lipinski definition) is 4. The van der Waals surface area contributed by atoms with Gasteiger partial charge in [-0.1, -0.05) is 18.2 Å². The number of fused-ring (bicyclic) bond motifs is 1. The van der Waals surface area contributed by atoms with Gasteiger partial charge in [-0.2, -0.15) is 0 Å². The number of aromatic nitrogens is 1. The number of ether oxygens (including phenoxy) is 1. The van der Waals surface area contributed by atoms with E-state index in [2.05, 4.69) is 10.3 Å². The molecule has 6 heteroatoms. The monoisotopic (exact) mass is 381 g/mol. The number of hydrogen-bond donors (Lipinski definition) is 4. The van der Waals surface area contributed by atoms with E-state index in [0.717, 1.165) is 16.5 Å². The zero-order valence-electron chi connectivity index (χ0n) is 16.7. The van der Waals surface area contributed by atoms with Crippen LogP contribution in [0.2, 0.25) is 0 Å². The summed E-state index contributed by atoms with van der Waals surface area (Å²) in [5, 5.41) is 14.7. The third-order valence-electron chi connectivity index (χ3n) is 4.31. The highest BCUT2D eigenvalue weighted by molar-refractivity contribution is 6.06. The van der Waals surface area contributed by atoms with Crippen LogP contribution in [0.15, 0.2) is 48.7 Å². The minimum atomic E-state index is -1.25. The van der Waals surface area contributed by atoms with Gasteiger partial charge < -0.3 is 20.6 Å². The molecule has 0 radical (unpaired) electrons. The first-order chi connectivity index (χ1) is 13.1. The molecule has 0 saturated carbocycles. The molecule has 0 aliphatic heterocycles. The second-order valence-corrected chi connectivity index (χ2v) is 8.22. The lowest BCUT2D eigenvalue weighted by Crippen LogP contribution is -2.55. The maximum atomic E-state index is 12.1. The average molecular weight is 381 g/mol. The van der Waals surface area contributed by atoms with E-state index in [1.165, 1.54) is 0 Å². The van der Waals surface area contributed by atoms with E-state index in [-0.39, 0.29) is 12.1 Å². The summed E-state index contributed by atoms with van der Waals surface area (Å²) in [5.41, 5.74) is 6.87. The SMILES string of the molecule is CC(C)(C)NC(C)(O)COc1cccc(C(N)=O)c1-c1cccc2[nH]ccc12. The van der Waals surface area contributed by atoms with Crippen LogP contribution >= 0.6 is 0 Å². The molecule has 0 fully saturated rings. The molecule has 1 aromatic heterocycles. The number of nitrogens with two attached hydrogens (primary N) is 1. The first-order valence-corrected chi connectivity index (χ1v) is 9.21. The van der Waals surface area contributed by atoms with Gasteiger partial charge in [-0.05, 0) is 57.5 Å². The molecule has 5 N–H and O–H groups in total. The van der Waals surface area contributed by atoms with Gasteiger partial charge in [-0.15, -0.1) is 0 Å². The second-order valence-electron chi connectivity index (χ2n) is 8.22. The van der Waals surface area contributed by atoms with Gasteiger partial charge in [0.1, 0.15) is 18.1 Å². The smallest absolute Gasteiger partial charge is 0.249 e. The van der Waals surface area contributed by atoms with Crippen molar-refractivity contribution in [3.05, 3.63) is 54.2 Å². The number of aromatic amines is 1. The second kappa shape index (κ2) is 7.30. The van der Waals surface area contributed by atoms with Crippen molar-refractivity contribution >= 4 is 16.8 Å². The third-order valence-corrected chi connectivity index (χ3v) is 4.31. The van der Waals surface area contributed by atoms with Gasteiger partial charge in [0.25, 0.3) is 0 Å². The Morgan fingerprint density at radius 2 is 1.86 bits per heavy atom. The van der Waals surface area contributed by atoms with Crippen LogP contribution in [-0.4, -0.2) is 33.9 Å². The Kier molecular flexibility index (Phi) is 5.19. The zero-order valence-corrected chi connectivity index (χ0v) is 16.7. The lowest BCUT2D eigenvalue weighted by atomic mass is 9.95. The topological polar surface area (TPSA) is 100 Å². The molecule has 148 valence electrons. The number of carbonyl (C=O) groups excluding carboxylic acids is 1. The molecule has 3 aromatic rings. The number of aliphatic hydroxyl groups is 1. The van der Waals surface area contributed by atoms with Crippen LogP contribution in [0.25, 0.3) is 22.0 Å². The lowest BCUT2D eigenvalue weighted by Gasteiger charge is -2.33. The van der Waals surface area contributed by atoms with Crippen molar-refractivity contribution in [2.24, 2.45) is 5.73 Å². The van der Waals surface area contributed by atoms with E-state index in [9.17, 15) is 9.90 Å². The lowest BCUT2D eigenvalue weighted by molar-refractivity contribution is -0.0364. The Bertz CT molecular complexity index is 1000. The fraction of sp³-hybridized carbons (Fsp3) is 0.318. The van der Waals surface area contributed by atoms with E-state index in [1.54, 1.807) is 25.1 Å². The van der Waals surface area contributed by atoms with Crippen molar-refractivity contribution in [1.82, 2.24) is 10.3 Å². The molecule has 28 heavy (non-hydrogen) atoms. The zero-order chi connectivity index (χ0) is 20.5. The number of benzene rings is 2. The molecule has 1 unspecified atom stereocenters. The number of carbonyl (C=O) groups is 1. The van der Waals surface area contributed by atoms with E-state index >= 15 is 0 Å². The summed E-state index contributed by atoms with van der Waals surface area (Å²) < 4.78 is 5.99. The summed E-state index contributed by atoms with van der Waals surface area (Å²) in [5.74, 6) is -0.0476. The largest absolute Gasteiger partial charge is 0.488 e. The molecule has 0 saturated heterocycles. The summed E-state index contributed by atoms with van der Waals surface area (Å²) in [4.78, 5) is 15.3. The highest BCUT2D eigenvalue weighted by Crippen LogP contribution is 2.37. The minimum Gasteiger partial charge on any atom is -0.488 e. The molecule has 6 nitrogen and oxygen atoms in total. The molecule has 0 bridgehead atoms. The molecule has 0 spiro atoms. The van der Waals surface area contributed by atoms with Crippen LogP contribution in [0.5, 0.6) is 5.75 Å². The summed E-state index contributed by atoms with van der Waals surface area (Å²) >= 11 is 0. The Labute approximate surface area is 164 Å².